The van der Waals surface area contributed by atoms with Gasteiger partial charge in [-0.3, -0.25) is 19.3 Å². The van der Waals surface area contributed by atoms with Gasteiger partial charge < -0.3 is 14.2 Å². The fourth-order valence-electron chi connectivity index (χ4n) is 2.71. The molecule has 2 amide bonds. The molecule has 7 heteroatoms. The summed E-state index contributed by atoms with van der Waals surface area (Å²) in [6, 6.07) is 4.38. The molecule has 1 aliphatic rings. The number of hydrogen-bond acceptors (Lipinski definition) is 6. The molecule has 24 heavy (non-hydrogen) atoms. The molecule has 130 valence electrons. The zero-order valence-electron chi connectivity index (χ0n) is 14.0. The lowest BCUT2D eigenvalue weighted by Crippen LogP contribution is -2.35. The van der Waals surface area contributed by atoms with E-state index < -0.39 is 12.0 Å². The van der Waals surface area contributed by atoms with Crippen LogP contribution in [-0.2, 0) is 19.1 Å². The summed E-state index contributed by atoms with van der Waals surface area (Å²) in [4.78, 5) is 37.1. The highest BCUT2D eigenvalue weighted by Gasteiger charge is 2.37. The maximum absolute atomic E-state index is 12.1. The van der Waals surface area contributed by atoms with Crippen LogP contribution in [0.25, 0.3) is 0 Å². The van der Waals surface area contributed by atoms with Gasteiger partial charge in [0.15, 0.2) is 11.5 Å². The molecule has 1 saturated heterocycles. The Balaban J connectivity index is 2.42. The smallest absolute Gasteiger partial charge is 0.307 e. The normalized spacial score (nSPS) is 15.4. The zero-order valence-corrected chi connectivity index (χ0v) is 14.0. The lowest BCUT2D eigenvalue weighted by Gasteiger charge is -2.26. The molecule has 1 aliphatic heterocycles. The van der Waals surface area contributed by atoms with Crippen LogP contribution >= 0.6 is 0 Å². The molecule has 0 bridgehead atoms. The van der Waals surface area contributed by atoms with Crippen molar-refractivity contribution in [3.05, 3.63) is 23.8 Å². The van der Waals surface area contributed by atoms with Gasteiger partial charge in [-0.25, -0.2) is 0 Å². The van der Waals surface area contributed by atoms with Crippen LogP contribution in [0, 0.1) is 0 Å². The van der Waals surface area contributed by atoms with Gasteiger partial charge >= 0.3 is 5.97 Å². The van der Waals surface area contributed by atoms with Gasteiger partial charge in [-0.15, -0.1) is 0 Å². The number of hydrogen-bond donors (Lipinski definition) is 0. The highest BCUT2D eigenvalue weighted by Crippen LogP contribution is 2.35. The van der Waals surface area contributed by atoms with E-state index in [0.717, 1.165) is 4.90 Å². The first kappa shape index (κ1) is 17.8. The zero-order chi connectivity index (χ0) is 17.7. The number of carbonyl (C=O) groups is 3. The van der Waals surface area contributed by atoms with Crippen molar-refractivity contribution in [1.82, 2.24) is 4.90 Å². The largest absolute Gasteiger partial charge is 0.493 e. The summed E-state index contributed by atoms with van der Waals surface area (Å²) in [6.45, 7) is 2.27. The number of methoxy groups -OCH3 is 2. The van der Waals surface area contributed by atoms with Gasteiger partial charge in [0.1, 0.15) is 0 Å². The van der Waals surface area contributed by atoms with Crippen LogP contribution in [0.3, 0.4) is 0 Å². The topological polar surface area (TPSA) is 82.1 Å². The van der Waals surface area contributed by atoms with Gasteiger partial charge in [0.2, 0.25) is 11.8 Å². The number of benzene rings is 1. The summed E-state index contributed by atoms with van der Waals surface area (Å²) in [5.41, 5.74) is 0.619. The van der Waals surface area contributed by atoms with Crippen molar-refractivity contribution in [1.29, 1.82) is 0 Å². The molecular formula is C17H21NO6. The van der Waals surface area contributed by atoms with E-state index in [1.807, 2.05) is 6.92 Å². The second kappa shape index (κ2) is 7.81. The molecule has 1 heterocycles. The average Bonchev–Trinajstić information content (AvgIpc) is 2.91. The summed E-state index contributed by atoms with van der Waals surface area (Å²) >= 11 is 0. The first-order valence-electron chi connectivity index (χ1n) is 7.74. The Hall–Kier alpha value is -2.57. The molecule has 1 aromatic carbocycles. The lowest BCUT2D eigenvalue weighted by molar-refractivity contribution is -0.146. The van der Waals surface area contributed by atoms with E-state index >= 15 is 0 Å². The van der Waals surface area contributed by atoms with Crippen LogP contribution in [0.1, 0.15) is 37.8 Å². The van der Waals surface area contributed by atoms with Crippen LogP contribution in [0.5, 0.6) is 11.5 Å². The third-order valence-electron chi connectivity index (χ3n) is 3.86. The molecule has 0 aromatic heterocycles. The molecule has 2 rings (SSSR count). The van der Waals surface area contributed by atoms with Gasteiger partial charge in [0.25, 0.3) is 0 Å². The van der Waals surface area contributed by atoms with Crippen LogP contribution in [0.4, 0.5) is 0 Å². The van der Waals surface area contributed by atoms with E-state index in [2.05, 4.69) is 0 Å². The standard InChI is InChI=1S/C17H21NO6/c1-4-24-14-9-11(5-6-13(14)22-2)12(10-17(21)23-3)18-15(19)7-8-16(18)20/h5-6,9,12H,4,7-8,10H2,1-3H3. The number of rotatable bonds is 7. The van der Waals surface area contributed by atoms with Crippen molar-refractivity contribution in [2.24, 2.45) is 0 Å². The lowest BCUT2D eigenvalue weighted by atomic mass is 10.0. The van der Waals surface area contributed by atoms with E-state index in [9.17, 15) is 14.4 Å². The first-order chi connectivity index (χ1) is 11.5. The fraction of sp³-hybridized carbons (Fsp3) is 0.471. The van der Waals surface area contributed by atoms with Crippen LogP contribution in [0.2, 0.25) is 0 Å². The maximum atomic E-state index is 12.1. The van der Waals surface area contributed by atoms with Crippen molar-refractivity contribution in [3.8, 4) is 11.5 Å². The first-order valence-corrected chi connectivity index (χ1v) is 7.74. The monoisotopic (exact) mass is 335 g/mol. The third kappa shape index (κ3) is 3.67. The number of esters is 1. The minimum Gasteiger partial charge on any atom is -0.493 e. The second-order valence-electron chi connectivity index (χ2n) is 5.30. The summed E-state index contributed by atoms with van der Waals surface area (Å²) in [5, 5.41) is 0. The molecule has 0 N–H and O–H groups in total. The van der Waals surface area contributed by atoms with Crippen molar-refractivity contribution < 1.29 is 28.6 Å². The Morgan fingerprint density at radius 1 is 1.17 bits per heavy atom. The summed E-state index contributed by atoms with van der Waals surface area (Å²) < 4.78 is 15.5. The average molecular weight is 335 g/mol. The highest BCUT2D eigenvalue weighted by molar-refractivity contribution is 6.02. The van der Waals surface area contributed by atoms with Gasteiger partial charge in [-0.2, -0.15) is 0 Å². The van der Waals surface area contributed by atoms with E-state index in [4.69, 9.17) is 14.2 Å². The van der Waals surface area contributed by atoms with Gasteiger partial charge in [-0.1, -0.05) is 6.07 Å². The molecule has 1 unspecified atom stereocenters. The van der Waals surface area contributed by atoms with Crippen molar-refractivity contribution in [3.63, 3.8) is 0 Å². The van der Waals surface area contributed by atoms with Crippen LogP contribution in [0.15, 0.2) is 18.2 Å². The highest BCUT2D eigenvalue weighted by atomic mass is 16.5. The molecule has 0 radical (unpaired) electrons. The van der Waals surface area contributed by atoms with Crippen molar-refractivity contribution in [2.45, 2.75) is 32.2 Å². The quantitative estimate of drug-likeness (QED) is 0.559. The Kier molecular flexibility index (Phi) is 5.78. The van der Waals surface area contributed by atoms with E-state index in [1.165, 1.54) is 14.2 Å². The number of carbonyl (C=O) groups excluding carboxylic acids is 3. The van der Waals surface area contributed by atoms with Crippen molar-refractivity contribution >= 4 is 17.8 Å². The Morgan fingerprint density at radius 2 is 1.83 bits per heavy atom. The molecular weight excluding hydrogens is 314 g/mol. The Labute approximate surface area is 140 Å². The molecule has 0 aliphatic carbocycles. The van der Waals surface area contributed by atoms with Gasteiger partial charge in [0, 0.05) is 12.8 Å². The summed E-state index contributed by atoms with van der Waals surface area (Å²) in [7, 11) is 2.80. The minimum absolute atomic E-state index is 0.105. The van der Waals surface area contributed by atoms with Crippen LogP contribution in [-0.4, -0.2) is 43.5 Å². The summed E-state index contributed by atoms with van der Waals surface area (Å²) in [6.07, 6.45) is 0.210. The third-order valence-corrected chi connectivity index (χ3v) is 3.86. The number of amides is 2. The molecule has 0 saturated carbocycles. The predicted molar refractivity (Wildman–Crippen MR) is 84.6 cm³/mol. The number of nitrogens with zero attached hydrogens (tertiary/aromatic N) is 1. The fourth-order valence-corrected chi connectivity index (χ4v) is 2.71. The van der Waals surface area contributed by atoms with E-state index in [-0.39, 0.29) is 31.1 Å². The predicted octanol–water partition coefficient (Wildman–Crippen LogP) is 1.85. The Bertz CT molecular complexity index is 626. The maximum Gasteiger partial charge on any atom is 0.307 e. The molecule has 1 atom stereocenters. The molecule has 1 fully saturated rings. The number of likely N-dealkylation sites (tertiary alicyclic amines) is 1. The van der Waals surface area contributed by atoms with E-state index in [0.29, 0.717) is 23.7 Å². The molecule has 7 nitrogen and oxygen atoms in total. The van der Waals surface area contributed by atoms with Crippen molar-refractivity contribution in [2.75, 3.05) is 20.8 Å². The molecule has 0 spiro atoms. The Morgan fingerprint density at radius 3 is 2.38 bits per heavy atom. The number of imide groups is 1. The van der Waals surface area contributed by atoms with Crippen LogP contribution < -0.4 is 9.47 Å². The number of ether oxygens (including phenoxy) is 3. The second-order valence-corrected chi connectivity index (χ2v) is 5.30. The van der Waals surface area contributed by atoms with E-state index in [1.54, 1.807) is 18.2 Å². The summed E-state index contributed by atoms with van der Waals surface area (Å²) in [5.74, 6) is -0.0467. The SMILES string of the molecule is CCOc1cc(C(CC(=O)OC)N2C(=O)CCC2=O)ccc1OC. The minimum atomic E-state index is -0.718. The van der Waals surface area contributed by atoms with Gasteiger partial charge in [-0.05, 0) is 24.6 Å². The molecule has 1 aromatic rings. The van der Waals surface area contributed by atoms with Gasteiger partial charge in [0.05, 0.1) is 33.3 Å².